The Kier molecular flexibility index (Phi) is 5.73. The van der Waals surface area contributed by atoms with Gasteiger partial charge in [0, 0.05) is 18.3 Å². The third-order valence-corrected chi connectivity index (χ3v) is 3.90. The van der Waals surface area contributed by atoms with E-state index in [2.05, 4.69) is 10.6 Å². The molecule has 102 valence electrons. The molecule has 0 saturated carbocycles. The van der Waals surface area contributed by atoms with Gasteiger partial charge in [-0.2, -0.15) is 0 Å². The summed E-state index contributed by atoms with van der Waals surface area (Å²) in [6.07, 6.45) is 0.472. The number of amides is 1. The minimum atomic E-state index is -3.38. The van der Waals surface area contributed by atoms with Crippen LogP contribution < -0.4 is 15.8 Å². The van der Waals surface area contributed by atoms with Crippen LogP contribution in [0, 0.1) is 0 Å². The quantitative estimate of drug-likeness (QED) is 0.636. The summed E-state index contributed by atoms with van der Waals surface area (Å²) in [4.78, 5) is 12.0. The van der Waals surface area contributed by atoms with E-state index in [9.17, 15) is 13.2 Å². The molecule has 0 aromatic carbocycles. The van der Waals surface area contributed by atoms with Gasteiger partial charge in [-0.3, -0.25) is 4.79 Å². The minimum absolute atomic E-state index is 0.0248. The number of sulfonamides is 1. The second-order valence-electron chi connectivity index (χ2n) is 3.84. The largest absolute Gasteiger partial charge is 0.325 e. The van der Waals surface area contributed by atoms with E-state index >= 15 is 0 Å². The number of nitrogens with one attached hydrogen (secondary N) is 2. The van der Waals surface area contributed by atoms with Crippen LogP contribution in [-0.2, 0) is 21.4 Å². The smallest absolute Gasteiger partial charge is 0.221 e. The minimum Gasteiger partial charge on any atom is -0.325 e. The summed E-state index contributed by atoms with van der Waals surface area (Å²) in [5.41, 5.74) is 0.798. The van der Waals surface area contributed by atoms with Crippen molar-refractivity contribution in [3.63, 3.8) is 0 Å². The second-order valence-corrected chi connectivity index (χ2v) is 6.57. The number of anilines is 1. The van der Waals surface area contributed by atoms with Crippen molar-refractivity contribution in [2.75, 3.05) is 17.6 Å². The van der Waals surface area contributed by atoms with E-state index in [1.54, 1.807) is 0 Å². The van der Waals surface area contributed by atoms with Crippen LogP contribution in [0.15, 0.2) is 11.4 Å². The highest BCUT2D eigenvalue weighted by atomic mass is 32.2. The number of primary sulfonamides is 1. The van der Waals surface area contributed by atoms with Gasteiger partial charge in [0.25, 0.3) is 0 Å². The maximum absolute atomic E-state index is 10.9. The number of carbonyl (C=O) groups is 1. The molecule has 18 heavy (non-hydrogen) atoms. The van der Waals surface area contributed by atoms with Gasteiger partial charge < -0.3 is 10.6 Å². The Balaban J connectivity index is 2.31. The van der Waals surface area contributed by atoms with Gasteiger partial charge in [-0.15, -0.1) is 11.3 Å². The molecule has 1 amide bonds. The van der Waals surface area contributed by atoms with Gasteiger partial charge in [-0.05, 0) is 24.4 Å². The van der Waals surface area contributed by atoms with E-state index in [4.69, 9.17) is 5.14 Å². The summed E-state index contributed by atoms with van der Waals surface area (Å²) < 4.78 is 21.4. The molecule has 0 spiro atoms. The number of rotatable bonds is 7. The van der Waals surface area contributed by atoms with Crippen molar-refractivity contribution in [1.82, 2.24) is 5.32 Å². The first-order chi connectivity index (χ1) is 8.38. The van der Waals surface area contributed by atoms with Gasteiger partial charge in [-0.25, -0.2) is 13.6 Å². The van der Waals surface area contributed by atoms with E-state index in [0.717, 1.165) is 10.6 Å². The lowest BCUT2D eigenvalue weighted by atomic mass is 10.3. The Morgan fingerprint density at radius 3 is 2.83 bits per heavy atom. The Hall–Kier alpha value is -0.960. The zero-order chi connectivity index (χ0) is 13.6. The van der Waals surface area contributed by atoms with Crippen molar-refractivity contribution >= 4 is 33.0 Å². The average molecular weight is 291 g/mol. The number of thiophene rings is 1. The molecule has 0 radical (unpaired) electrons. The molecule has 0 atom stereocenters. The summed E-state index contributed by atoms with van der Waals surface area (Å²) in [6, 6.07) is 1.84. The molecular formula is C10H17N3O3S2. The SMILES string of the molecule is CC(=O)Nc1ccsc1CNCCCS(N)(=O)=O. The van der Waals surface area contributed by atoms with Crippen LogP contribution in [0.5, 0.6) is 0 Å². The lowest BCUT2D eigenvalue weighted by Crippen LogP contribution is -2.22. The predicted octanol–water partition coefficient (Wildman–Crippen LogP) is 0.475. The lowest BCUT2D eigenvalue weighted by molar-refractivity contribution is -0.114. The Morgan fingerprint density at radius 2 is 2.22 bits per heavy atom. The highest BCUT2D eigenvalue weighted by molar-refractivity contribution is 7.89. The first-order valence-corrected chi connectivity index (χ1v) is 8.03. The van der Waals surface area contributed by atoms with Gasteiger partial charge in [0.2, 0.25) is 15.9 Å². The van der Waals surface area contributed by atoms with Crippen molar-refractivity contribution in [2.45, 2.75) is 19.9 Å². The Bertz CT molecular complexity index is 496. The fourth-order valence-corrected chi connectivity index (χ4v) is 2.73. The average Bonchev–Trinajstić information content (AvgIpc) is 2.62. The molecule has 0 aliphatic heterocycles. The fraction of sp³-hybridized carbons (Fsp3) is 0.500. The van der Waals surface area contributed by atoms with Crippen LogP contribution in [0.4, 0.5) is 5.69 Å². The van der Waals surface area contributed by atoms with E-state index in [1.165, 1.54) is 18.3 Å². The number of hydrogen-bond donors (Lipinski definition) is 3. The fourth-order valence-electron chi connectivity index (χ4n) is 1.38. The highest BCUT2D eigenvalue weighted by Gasteiger charge is 2.06. The molecular weight excluding hydrogens is 274 g/mol. The highest BCUT2D eigenvalue weighted by Crippen LogP contribution is 2.21. The van der Waals surface area contributed by atoms with Gasteiger partial charge in [0.15, 0.2) is 0 Å². The van der Waals surface area contributed by atoms with Crippen LogP contribution in [0.1, 0.15) is 18.2 Å². The standard InChI is InChI=1S/C10H17N3O3S2/c1-8(14)13-9-3-5-17-10(9)7-12-4-2-6-18(11,15)16/h3,5,12H,2,4,6-7H2,1H3,(H,13,14)(H2,11,15,16). The zero-order valence-corrected chi connectivity index (χ0v) is 11.7. The number of nitrogens with two attached hydrogens (primary N) is 1. The van der Waals surface area contributed by atoms with Crippen LogP contribution in [0.2, 0.25) is 0 Å². The van der Waals surface area contributed by atoms with Gasteiger partial charge in [0.1, 0.15) is 0 Å². The summed E-state index contributed by atoms with van der Waals surface area (Å²) in [6.45, 7) is 2.62. The third-order valence-electron chi connectivity index (χ3n) is 2.12. The third kappa shape index (κ3) is 6.10. The number of carbonyl (C=O) groups excluding carboxylic acids is 1. The van der Waals surface area contributed by atoms with Crippen LogP contribution >= 0.6 is 11.3 Å². The molecule has 0 fully saturated rings. The maximum Gasteiger partial charge on any atom is 0.221 e. The Labute approximate surface area is 111 Å². The van der Waals surface area contributed by atoms with Crippen molar-refractivity contribution < 1.29 is 13.2 Å². The van der Waals surface area contributed by atoms with Crippen molar-refractivity contribution in [1.29, 1.82) is 0 Å². The number of hydrogen-bond acceptors (Lipinski definition) is 5. The summed E-state index contributed by atoms with van der Waals surface area (Å²) >= 11 is 1.53. The molecule has 8 heteroatoms. The second kappa shape index (κ2) is 6.83. The van der Waals surface area contributed by atoms with Crippen molar-refractivity contribution in [3.8, 4) is 0 Å². The monoisotopic (exact) mass is 291 g/mol. The van der Waals surface area contributed by atoms with Crippen molar-refractivity contribution in [3.05, 3.63) is 16.3 Å². The summed E-state index contributed by atoms with van der Waals surface area (Å²) in [5.74, 6) is -0.132. The first kappa shape index (κ1) is 15.1. The first-order valence-electron chi connectivity index (χ1n) is 5.43. The molecule has 0 aliphatic carbocycles. The molecule has 0 aliphatic rings. The maximum atomic E-state index is 10.9. The lowest BCUT2D eigenvalue weighted by Gasteiger charge is -2.06. The molecule has 6 nitrogen and oxygen atoms in total. The van der Waals surface area contributed by atoms with E-state index in [-0.39, 0.29) is 11.7 Å². The van der Waals surface area contributed by atoms with Gasteiger partial charge in [0.05, 0.1) is 11.4 Å². The van der Waals surface area contributed by atoms with E-state index < -0.39 is 10.0 Å². The molecule has 0 saturated heterocycles. The molecule has 1 aromatic rings. The van der Waals surface area contributed by atoms with Gasteiger partial charge in [-0.1, -0.05) is 0 Å². The molecule has 0 unspecified atom stereocenters. The van der Waals surface area contributed by atoms with Gasteiger partial charge >= 0.3 is 0 Å². The Morgan fingerprint density at radius 1 is 1.50 bits per heavy atom. The summed E-state index contributed by atoms with van der Waals surface area (Å²) in [5, 5.41) is 12.6. The van der Waals surface area contributed by atoms with Crippen LogP contribution in [-0.4, -0.2) is 26.6 Å². The molecule has 1 rings (SSSR count). The molecule has 0 bridgehead atoms. The van der Waals surface area contributed by atoms with Crippen molar-refractivity contribution in [2.24, 2.45) is 5.14 Å². The molecule has 1 aromatic heterocycles. The van der Waals surface area contributed by atoms with E-state index in [1.807, 2.05) is 11.4 Å². The zero-order valence-electron chi connectivity index (χ0n) is 10.1. The van der Waals surface area contributed by atoms with Crippen LogP contribution in [0.25, 0.3) is 0 Å². The van der Waals surface area contributed by atoms with E-state index in [0.29, 0.717) is 19.5 Å². The van der Waals surface area contributed by atoms with Crippen LogP contribution in [0.3, 0.4) is 0 Å². The summed E-state index contributed by atoms with van der Waals surface area (Å²) in [7, 11) is -3.38. The molecule has 1 heterocycles. The topological polar surface area (TPSA) is 101 Å². The predicted molar refractivity (Wildman–Crippen MR) is 72.9 cm³/mol. The molecule has 4 N–H and O–H groups in total. The normalized spacial score (nSPS) is 11.4.